The van der Waals surface area contributed by atoms with Gasteiger partial charge < -0.3 is 29.8 Å². The molecule has 0 aromatic heterocycles. The molecule has 10 nitrogen and oxygen atoms in total. The number of rotatable bonds is 10. The van der Waals surface area contributed by atoms with Crippen LogP contribution in [0, 0.1) is 0 Å². The Morgan fingerprint density at radius 1 is 1.00 bits per heavy atom. The lowest BCUT2D eigenvalue weighted by Gasteiger charge is -2.28. The first-order valence-electron chi connectivity index (χ1n) is 9.75. The molecule has 0 spiro atoms. The zero-order valence-corrected chi connectivity index (χ0v) is 18.3. The predicted molar refractivity (Wildman–Crippen MR) is 109 cm³/mol. The molecule has 0 aliphatic carbocycles. The first kappa shape index (κ1) is 25.9. The number of ether oxygens (including phenoxy) is 4. The molecule has 0 bridgehead atoms. The van der Waals surface area contributed by atoms with Gasteiger partial charge >= 0.3 is 24.1 Å². The van der Waals surface area contributed by atoms with Crippen molar-refractivity contribution >= 4 is 24.1 Å². The monoisotopic (exact) mass is 439 g/mol. The lowest BCUT2D eigenvalue weighted by molar-refractivity contribution is -0.145. The summed E-state index contributed by atoms with van der Waals surface area (Å²) in [7, 11) is 0. The van der Waals surface area contributed by atoms with Gasteiger partial charge in [0.25, 0.3) is 0 Å². The fourth-order valence-corrected chi connectivity index (χ4v) is 2.73. The van der Waals surface area contributed by atoms with Crippen molar-refractivity contribution in [2.45, 2.75) is 71.6 Å². The molecule has 0 aliphatic heterocycles. The lowest BCUT2D eigenvalue weighted by atomic mass is 9.86. The van der Waals surface area contributed by atoms with E-state index < -0.39 is 35.7 Å². The molecule has 1 aromatic rings. The summed E-state index contributed by atoms with van der Waals surface area (Å²) in [5, 5.41) is 9.70. The largest absolute Gasteiger partial charge is 0.508 e. The number of hydrogen-bond acceptors (Lipinski definition) is 9. The van der Waals surface area contributed by atoms with Crippen LogP contribution in [0.5, 0.6) is 11.5 Å². The van der Waals surface area contributed by atoms with Crippen molar-refractivity contribution in [3.63, 3.8) is 0 Å². The average molecular weight is 439 g/mol. The number of carboxylic acid groups (broad SMARTS) is 1. The summed E-state index contributed by atoms with van der Waals surface area (Å²) in [6.45, 7) is 7.42. The maximum absolute atomic E-state index is 11.9. The van der Waals surface area contributed by atoms with Crippen LogP contribution in [0.4, 0.5) is 4.79 Å². The third kappa shape index (κ3) is 8.63. The number of carbonyl (C=O) groups is 4. The number of hydrogen-bond donors (Lipinski definition) is 2. The Morgan fingerprint density at radius 2 is 1.55 bits per heavy atom. The molecule has 3 atom stereocenters. The van der Waals surface area contributed by atoms with E-state index in [2.05, 4.69) is 0 Å². The normalized spacial score (nSPS) is 14.5. The van der Waals surface area contributed by atoms with Crippen LogP contribution in [0.2, 0.25) is 0 Å². The van der Waals surface area contributed by atoms with Crippen molar-refractivity contribution in [2.75, 3.05) is 0 Å². The lowest BCUT2D eigenvalue weighted by Crippen LogP contribution is -2.52. The molecule has 0 heterocycles. The van der Waals surface area contributed by atoms with Crippen LogP contribution in [0.15, 0.2) is 18.2 Å². The molecule has 0 radical (unpaired) electrons. The topological polar surface area (TPSA) is 151 Å². The molecular weight excluding hydrogens is 410 g/mol. The van der Waals surface area contributed by atoms with Gasteiger partial charge in [-0.1, -0.05) is 13.0 Å². The van der Waals surface area contributed by atoms with Crippen molar-refractivity contribution in [1.29, 1.82) is 0 Å². The van der Waals surface area contributed by atoms with Gasteiger partial charge in [-0.2, -0.15) is 0 Å². The van der Waals surface area contributed by atoms with Crippen molar-refractivity contribution in [3.05, 3.63) is 23.8 Å². The second-order valence-corrected chi connectivity index (χ2v) is 7.33. The van der Waals surface area contributed by atoms with Crippen molar-refractivity contribution in [3.8, 4) is 11.5 Å². The molecule has 0 saturated heterocycles. The SMILES string of the molecule is CCC(C)OC(=O)O[C@@H](C)CC(N)(Cc1ccc(OC(C)=O)c(OC(C)=O)c1)C(=O)O. The number of carbonyl (C=O) groups excluding carboxylic acids is 3. The molecule has 1 aromatic carbocycles. The quantitative estimate of drug-likeness (QED) is 0.411. The average Bonchev–Trinajstić information content (AvgIpc) is 2.62. The van der Waals surface area contributed by atoms with Gasteiger partial charge in [0.05, 0.1) is 0 Å². The molecule has 3 N–H and O–H groups in total. The number of esters is 2. The van der Waals surface area contributed by atoms with Crippen LogP contribution in [0.3, 0.4) is 0 Å². The summed E-state index contributed by atoms with van der Waals surface area (Å²) in [5.74, 6) is -2.61. The van der Waals surface area contributed by atoms with E-state index in [1.54, 1.807) is 6.92 Å². The molecule has 0 aliphatic rings. The number of aliphatic carboxylic acids is 1. The van der Waals surface area contributed by atoms with E-state index in [0.717, 1.165) is 0 Å². The highest BCUT2D eigenvalue weighted by molar-refractivity contribution is 5.79. The smallest absolute Gasteiger partial charge is 0.480 e. The van der Waals surface area contributed by atoms with Gasteiger partial charge in [-0.25, -0.2) is 4.79 Å². The van der Waals surface area contributed by atoms with Gasteiger partial charge in [-0.3, -0.25) is 14.4 Å². The summed E-state index contributed by atoms with van der Waals surface area (Å²) in [6.07, 6.45) is -1.86. The Labute approximate surface area is 180 Å². The molecule has 0 saturated carbocycles. The van der Waals surface area contributed by atoms with Crippen LogP contribution in [-0.2, 0) is 30.3 Å². The van der Waals surface area contributed by atoms with Gasteiger partial charge in [0.1, 0.15) is 17.7 Å². The van der Waals surface area contributed by atoms with E-state index >= 15 is 0 Å². The summed E-state index contributed by atoms with van der Waals surface area (Å²) >= 11 is 0. The first-order chi connectivity index (χ1) is 14.4. The number of nitrogens with two attached hydrogens (primary N) is 1. The Hall–Kier alpha value is -3.14. The molecule has 10 heteroatoms. The van der Waals surface area contributed by atoms with Gasteiger partial charge in [-0.15, -0.1) is 0 Å². The minimum Gasteiger partial charge on any atom is -0.480 e. The van der Waals surface area contributed by atoms with Crippen LogP contribution >= 0.6 is 0 Å². The summed E-state index contributed by atoms with van der Waals surface area (Å²) < 4.78 is 20.2. The fourth-order valence-electron chi connectivity index (χ4n) is 2.73. The van der Waals surface area contributed by atoms with Crippen LogP contribution < -0.4 is 15.2 Å². The van der Waals surface area contributed by atoms with E-state index in [-0.39, 0.29) is 30.4 Å². The molecule has 0 amide bonds. The highest BCUT2D eigenvalue weighted by atomic mass is 16.7. The molecular formula is C21H29NO9. The van der Waals surface area contributed by atoms with Crippen molar-refractivity contribution in [1.82, 2.24) is 0 Å². The number of carboxylic acids is 1. The van der Waals surface area contributed by atoms with Crippen molar-refractivity contribution in [2.24, 2.45) is 5.73 Å². The Kier molecular flexibility index (Phi) is 9.44. The van der Waals surface area contributed by atoms with Gasteiger partial charge in [-0.05, 0) is 38.0 Å². The van der Waals surface area contributed by atoms with Crippen LogP contribution in [0.1, 0.15) is 53.0 Å². The zero-order chi connectivity index (χ0) is 23.8. The standard InChI is InChI=1S/C21H29NO9/c1-6-12(2)28-20(27)29-13(3)10-21(22,19(25)26)11-16-7-8-17(30-14(4)23)18(9-16)31-15(5)24/h7-9,12-13H,6,10-11,22H2,1-5H3,(H,25,26)/t12?,13-,21?/m0/s1. The third-order valence-corrected chi connectivity index (χ3v) is 4.28. The maximum Gasteiger partial charge on any atom is 0.508 e. The van der Waals surface area contributed by atoms with E-state index in [1.165, 1.54) is 39.0 Å². The molecule has 2 unspecified atom stereocenters. The second kappa shape index (κ2) is 11.3. The van der Waals surface area contributed by atoms with Gasteiger partial charge in [0.2, 0.25) is 0 Å². The predicted octanol–water partition coefficient (Wildman–Crippen LogP) is 2.59. The Morgan fingerprint density at radius 3 is 2.06 bits per heavy atom. The van der Waals surface area contributed by atoms with Crippen molar-refractivity contribution < 1.29 is 43.2 Å². The molecule has 31 heavy (non-hydrogen) atoms. The third-order valence-electron chi connectivity index (χ3n) is 4.28. The van der Waals surface area contributed by atoms with Crippen LogP contribution in [0.25, 0.3) is 0 Å². The second-order valence-electron chi connectivity index (χ2n) is 7.33. The van der Waals surface area contributed by atoms with Gasteiger partial charge in [0.15, 0.2) is 11.5 Å². The highest BCUT2D eigenvalue weighted by Gasteiger charge is 2.37. The van der Waals surface area contributed by atoms with E-state index in [4.69, 9.17) is 24.7 Å². The minimum absolute atomic E-state index is 0.00823. The van der Waals surface area contributed by atoms with E-state index in [9.17, 15) is 24.3 Å². The summed E-state index contributed by atoms with van der Waals surface area (Å²) in [5.41, 5.74) is 4.73. The minimum atomic E-state index is -1.80. The summed E-state index contributed by atoms with van der Waals surface area (Å²) in [6, 6.07) is 4.24. The first-order valence-corrected chi connectivity index (χ1v) is 9.75. The highest BCUT2D eigenvalue weighted by Crippen LogP contribution is 2.31. The molecule has 1 rings (SSSR count). The Bertz CT molecular complexity index is 823. The zero-order valence-electron chi connectivity index (χ0n) is 18.3. The number of benzene rings is 1. The fraction of sp³-hybridized carbons (Fsp3) is 0.524. The molecule has 172 valence electrons. The van der Waals surface area contributed by atoms with Crippen LogP contribution in [-0.4, -0.2) is 46.9 Å². The summed E-state index contributed by atoms with van der Waals surface area (Å²) in [4.78, 5) is 46.3. The maximum atomic E-state index is 11.9. The van der Waals surface area contributed by atoms with Gasteiger partial charge in [0, 0.05) is 26.7 Å². The Balaban J connectivity index is 3.02. The van der Waals surface area contributed by atoms with E-state index in [1.807, 2.05) is 6.92 Å². The van der Waals surface area contributed by atoms with E-state index in [0.29, 0.717) is 12.0 Å². The molecule has 0 fully saturated rings.